The number of hydrogen-bond donors (Lipinski definition) is 0. The van der Waals surface area contributed by atoms with Crippen molar-refractivity contribution in [2.75, 3.05) is 0 Å². The summed E-state index contributed by atoms with van der Waals surface area (Å²) in [5, 5.41) is 0. The first kappa shape index (κ1) is 9.11. The Hall–Kier alpha value is 0.0187. The fourth-order valence-corrected chi connectivity index (χ4v) is 2.62. The molecule has 0 bridgehead atoms. The molecule has 0 aliphatic carbocycles. The number of aryl methyl sites for hydroxylation is 1. The minimum absolute atomic E-state index is 1.17. The Kier molecular flexibility index (Phi) is 3.43. The van der Waals surface area contributed by atoms with Crippen LogP contribution in [-0.4, -0.2) is 22.5 Å². The van der Waals surface area contributed by atoms with Crippen LogP contribution in [0.4, 0.5) is 0 Å². The van der Waals surface area contributed by atoms with E-state index in [0.29, 0.717) is 0 Å². The van der Waals surface area contributed by atoms with Gasteiger partial charge in [-0.1, -0.05) is 0 Å². The molecular formula is C10H13Sn. The molecule has 3 radical (unpaired) electrons. The molecule has 1 aromatic carbocycles. The molecule has 0 heterocycles. The van der Waals surface area contributed by atoms with Gasteiger partial charge in [-0.25, -0.2) is 0 Å². The van der Waals surface area contributed by atoms with Crippen molar-refractivity contribution in [2.45, 2.75) is 26.7 Å². The normalized spacial score (nSPS) is 10.1. The first-order valence-electron chi connectivity index (χ1n) is 4.12. The van der Waals surface area contributed by atoms with E-state index in [1.165, 1.54) is 22.0 Å². The van der Waals surface area contributed by atoms with Gasteiger partial charge in [0.1, 0.15) is 0 Å². The average molecular weight is 252 g/mol. The molecule has 11 heavy (non-hydrogen) atoms. The Morgan fingerprint density at radius 3 is 2.36 bits per heavy atom. The van der Waals surface area contributed by atoms with Crippen LogP contribution in [0.1, 0.15) is 25.0 Å². The van der Waals surface area contributed by atoms with Gasteiger partial charge in [-0.3, -0.25) is 0 Å². The zero-order valence-corrected chi connectivity index (χ0v) is 10.0. The third-order valence-electron chi connectivity index (χ3n) is 2.01. The van der Waals surface area contributed by atoms with Crippen molar-refractivity contribution in [1.82, 2.24) is 0 Å². The predicted molar refractivity (Wildman–Crippen MR) is 50.6 cm³/mol. The molecule has 0 aliphatic rings. The Morgan fingerprint density at radius 2 is 1.91 bits per heavy atom. The van der Waals surface area contributed by atoms with Crippen molar-refractivity contribution in [3.8, 4) is 0 Å². The fraction of sp³-hybridized carbons (Fsp3) is 0.400. The Labute approximate surface area is 82.1 Å². The summed E-state index contributed by atoms with van der Waals surface area (Å²) >= 11 is 1.54. The molecule has 57 valence electrons. The van der Waals surface area contributed by atoms with Gasteiger partial charge in [-0.05, 0) is 0 Å². The third-order valence-corrected chi connectivity index (χ3v) is 3.34. The second kappa shape index (κ2) is 4.15. The van der Waals surface area contributed by atoms with E-state index in [1.807, 2.05) is 0 Å². The van der Waals surface area contributed by atoms with Crippen molar-refractivity contribution >= 4 is 26.1 Å². The van der Waals surface area contributed by atoms with Gasteiger partial charge >= 0.3 is 82.1 Å². The molecule has 0 fully saturated rings. The Balaban J connectivity index is 3.13. The van der Waals surface area contributed by atoms with Crippen LogP contribution in [0.15, 0.2) is 18.2 Å². The molecule has 0 aliphatic heterocycles. The average Bonchev–Trinajstić information content (AvgIpc) is 2.04. The summed E-state index contributed by atoms with van der Waals surface area (Å²) < 4.78 is 1.53. The molecule has 0 spiro atoms. The van der Waals surface area contributed by atoms with Crippen LogP contribution >= 0.6 is 0 Å². The molecule has 0 saturated carbocycles. The van der Waals surface area contributed by atoms with Gasteiger partial charge in [0.25, 0.3) is 0 Å². The van der Waals surface area contributed by atoms with Crippen LogP contribution in [0.5, 0.6) is 0 Å². The van der Waals surface area contributed by atoms with Crippen LogP contribution in [0, 0.1) is 0 Å². The summed E-state index contributed by atoms with van der Waals surface area (Å²) in [7, 11) is 0. The van der Waals surface area contributed by atoms with E-state index in [2.05, 4.69) is 32.0 Å². The van der Waals surface area contributed by atoms with Crippen LogP contribution < -0.4 is 3.58 Å². The topological polar surface area (TPSA) is 0 Å². The number of rotatable bonds is 2. The van der Waals surface area contributed by atoms with E-state index in [9.17, 15) is 0 Å². The van der Waals surface area contributed by atoms with Crippen molar-refractivity contribution in [1.29, 1.82) is 0 Å². The van der Waals surface area contributed by atoms with E-state index < -0.39 is 0 Å². The van der Waals surface area contributed by atoms with E-state index in [0.717, 1.165) is 0 Å². The van der Waals surface area contributed by atoms with Crippen LogP contribution in [0.2, 0.25) is 0 Å². The minimum atomic E-state index is 1.17. The van der Waals surface area contributed by atoms with Gasteiger partial charge in [0.2, 0.25) is 0 Å². The maximum absolute atomic E-state index is 2.24. The molecule has 0 atom stereocenters. The van der Waals surface area contributed by atoms with Gasteiger partial charge in [0.15, 0.2) is 0 Å². The second-order valence-corrected chi connectivity index (χ2v) is 4.19. The Morgan fingerprint density at radius 1 is 1.18 bits per heavy atom. The first-order chi connectivity index (χ1) is 5.29. The zero-order chi connectivity index (χ0) is 8.27. The third kappa shape index (κ3) is 1.98. The van der Waals surface area contributed by atoms with E-state index in [-0.39, 0.29) is 0 Å². The molecule has 0 saturated heterocycles. The fourth-order valence-electron chi connectivity index (χ4n) is 1.38. The van der Waals surface area contributed by atoms with Gasteiger partial charge in [-0.15, -0.1) is 0 Å². The molecule has 0 N–H and O–H groups in total. The molecule has 0 nitrogen and oxygen atoms in total. The van der Waals surface area contributed by atoms with Crippen molar-refractivity contribution in [3.05, 3.63) is 29.3 Å². The van der Waals surface area contributed by atoms with E-state index in [1.54, 1.807) is 28.1 Å². The van der Waals surface area contributed by atoms with Gasteiger partial charge < -0.3 is 0 Å². The molecule has 1 heteroatoms. The quantitative estimate of drug-likeness (QED) is 0.701. The molecule has 0 amide bonds. The molecular weight excluding hydrogens is 239 g/mol. The molecule has 0 aromatic heterocycles. The summed E-state index contributed by atoms with van der Waals surface area (Å²) in [6, 6.07) is 6.64. The predicted octanol–water partition coefficient (Wildman–Crippen LogP) is 1.61. The van der Waals surface area contributed by atoms with Crippen molar-refractivity contribution < 1.29 is 0 Å². The summed E-state index contributed by atoms with van der Waals surface area (Å²) in [5.74, 6) is 0. The van der Waals surface area contributed by atoms with Gasteiger partial charge in [0.05, 0.1) is 0 Å². The summed E-state index contributed by atoms with van der Waals surface area (Å²) in [6.45, 7) is 4.46. The van der Waals surface area contributed by atoms with Gasteiger partial charge in [0, 0.05) is 0 Å². The van der Waals surface area contributed by atoms with E-state index >= 15 is 0 Å². The van der Waals surface area contributed by atoms with Crippen molar-refractivity contribution in [3.63, 3.8) is 0 Å². The van der Waals surface area contributed by atoms with Crippen LogP contribution in [0.25, 0.3) is 0 Å². The summed E-state index contributed by atoms with van der Waals surface area (Å²) in [4.78, 5) is 0. The summed E-state index contributed by atoms with van der Waals surface area (Å²) in [5.41, 5.74) is 3.11. The van der Waals surface area contributed by atoms with Crippen LogP contribution in [-0.2, 0) is 12.8 Å². The van der Waals surface area contributed by atoms with Crippen molar-refractivity contribution in [2.24, 2.45) is 0 Å². The van der Waals surface area contributed by atoms with E-state index in [4.69, 9.17) is 0 Å². The first-order valence-corrected chi connectivity index (χ1v) is 5.54. The Bertz CT molecular complexity index is 241. The SMILES string of the molecule is CCc1ccc[c]([Sn])c1CC. The number of benzene rings is 1. The molecule has 1 aromatic rings. The second-order valence-electron chi connectivity index (χ2n) is 2.65. The maximum atomic E-state index is 2.24. The van der Waals surface area contributed by atoms with Gasteiger partial charge in [-0.2, -0.15) is 0 Å². The number of hydrogen-bond acceptors (Lipinski definition) is 0. The molecule has 0 unspecified atom stereocenters. The monoisotopic (exact) mass is 253 g/mol. The summed E-state index contributed by atoms with van der Waals surface area (Å²) in [6.07, 6.45) is 2.36. The van der Waals surface area contributed by atoms with Crippen LogP contribution in [0.3, 0.4) is 0 Å². The standard InChI is InChI=1S/C10H13.Sn/c1-3-9-7-5-6-8-10(9)4-2;/h5-7H,3-4H2,1-2H3;. The zero-order valence-electron chi connectivity index (χ0n) is 7.15. The molecule has 1 rings (SSSR count).